The van der Waals surface area contributed by atoms with E-state index in [2.05, 4.69) is 54.6 Å². The van der Waals surface area contributed by atoms with E-state index in [-0.39, 0.29) is 0 Å². The van der Waals surface area contributed by atoms with Crippen molar-refractivity contribution in [3.05, 3.63) is 166 Å². The molecule has 5 atom stereocenters. The largest absolute Gasteiger partial charge is 0.494 e. The standard InChI is InChI=1S/C47H51ClO7/c1-2-50-39-23-21-34(22-24-39)27-38-28-40-42(29-41(38)48)51-26-14-6-13-25-49-33-43-45(52-30-35-15-7-3-8-16-35)47(54-32-37-19-11-5-12-20-37)46(44(40)55-43)53-31-36-17-9-4-10-18-36/h3-5,7-12,15-24,28-29,43-47H,2,6,13-14,25-27,30-33H2,1H3/t43-,44+,45-,46+,47+/m1/s1. The Kier molecular flexibility index (Phi) is 14.3. The molecule has 8 heteroatoms. The summed E-state index contributed by atoms with van der Waals surface area (Å²) >= 11 is 7.08. The van der Waals surface area contributed by atoms with Crippen LogP contribution in [0.1, 0.15) is 65.7 Å². The summed E-state index contributed by atoms with van der Waals surface area (Å²) in [5.41, 5.74) is 6.10. The maximum absolute atomic E-state index is 7.20. The summed E-state index contributed by atoms with van der Waals surface area (Å²) in [6.45, 7) is 5.21. The van der Waals surface area contributed by atoms with Gasteiger partial charge in [-0.05, 0) is 84.7 Å². The quantitative estimate of drug-likeness (QED) is 0.118. The highest BCUT2D eigenvalue weighted by molar-refractivity contribution is 6.31. The van der Waals surface area contributed by atoms with Crippen molar-refractivity contribution in [2.45, 2.75) is 82.9 Å². The summed E-state index contributed by atoms with van der Waals surface area (Å²) in [6.07, 6.45) is 0.703. The molecule has 288 valence electrons. The molecule has 0 aliphatic carbocycles. The van der Waals surface area contributed by atoms with Crippen LogP contribution in [0, 0.1) is 0 Å². The van der Waals surface area contributed by atoms with Crippen molar-refractivity contribution in [1.82, 2.24) is 0 Å². The zero-order chi connectivity index (χ0) is 37.7. The van der Waals surface area contributed by atoms with E-state index in [0.29, 0.717) is 63.4 Å². The van der Waals surface area contributed by atoms with Crippen LogP contribution in [0.5, 0.6) is 11.5 Å². The molecule has 0 aromatic heterocycles. The van der Waals surface area contributed by atoms with E-state index in [1.54, 1.807) is 0 Å². The third-order valence-corrected chi connectivity index (χ3v) is 10.4. The maximum atomic E-state index is 7.20. The lowest BCUT2D eigenvalue weighted by Crippen LogP contribution is -2.58. The van der Waals surface area contributed by atoms with Crippen LogP contribution in [0.4, 0.5) is 0 Å². The number of hydrogen-bond acceptors (Lipinski definition) is 7. The minimum atomic E-state index is -0.596. The predicted octanol–water partition coefficient (Wildman–Crippen LogP) is 10.1. The van der Waals surface area contributed by atoms with Gasteiger partial charge >= 0.3 is 0 Å². The fraction of sp³-hybridized carbons (Fsp3) is 0.362. The van der Waals surface area contributed by atoms with E-state index in [9.17, 15) is 0 Å². The van der Waals surface area contributed by atoms with Crippen LogP contribution in [0.25, 0.3) is 0 Å². The normalized spacial score (nSPS) is 21.6. The average Bonchev–Trinajstić information content (AvgIpc) is 3.23. The smallest absolute Gasteiger partial charge is 0.126 e. The first-order chi connectivity index (χ1) is 27.1. The molecule has 7 rings (SSSR count). The Morgan fingerprint density at radius 2 is 1.20 bits per heavy atom. The number of benzene rings is 5. The zero-order valence-corrected chi connectivity index (χ0v) is 32.3. The fourth-order valence-electron chi connectivity index (χ4n) is 7.23. The molecule has 2 aliphatic rings. The van der Waals surface area contributed by atoms with Crippen molar-refractivity contribution in [2.75, 3.05) is 26.4 Å². The van der Waals surface area contributed by atoms with Crippen LogP contribution in [0.15, 0.2) is 127 Å². The molecule has 0 unspecified atom stereocenters. The van der Waals surface area contributed by atoms with Crippen molar-refractivity contribution >= 4 is 11.6 Å². The molecule has 1 fully saturated rings. The van der Waals surface area contributed by atoms with E-state index < -0.39 is 30.5 Å². The number of halogens is 1. The Bertz CT molecular complexity index is 1870. The molecule has 5 aromatic carbocycles. The van der Waals surface area contributed by atoms with Crippen LogP contribution in [0.3, 0.4) is 0 Å². The lowest BCUT2D eigenvalue weighted by atomic mass is 9.88. The van der Waals surface area contributed by atoms with Crippen molar-refractivity contribution in [1.29, 1.82) is 0 Å². The van der Waals surface area contributed by atoms with Gasteiger partial charge in [-0.25, -0.2) is 0 Å². The summed E-state index contributed by atoms with van der Waals surface area (Å²) in [5, 5.41) is 0.635. The van der Waals surface area contributed by atoms with Crippen LogP contribution in [0.2, 0.25) is 5.02 Å². The maximum Gasteiger partial charge on any atom is 0.126 e. The number of fused-ring (bicyclic) bond motifs is 4. The molecule has 1 saturated heterocycles. The molecule has 0 spiro atoms. The minimum Gasteiger partial charge on any atom is -0.494 e. The van der Waals surface area contributed by atoms with Gasteiger partial charge in [-0.2, -0.15) is 0 Å². The van der Waals surface area contributed by atoms with E-state index in [0.717, 1.165) is 58.4 Å². The van der Waals surface area contributed by atoms with Crippen molar-refractivity contribution < 1.29 is 33.2 Å². The Hall–Kier alpha value is -4.21. The first-order valence-corrected chi connectivity index (χ1v) is 19.9. The fourth-order valence-corrected chi connectivity index (χ4v) is 7.45. The molecule has 0 N–H and O–H groups in total. The van der Waals surface area contributed by atoms with Gasteiger partial charge < -0.3 is 33.2 Å². The van der Waals surface area contributed by atoms with Crippen molar-refractivity contribution in [3.63, 3.8) is 0 Å². The van der Waals surface area contributed by atoms with Gasteiger partial charge in [0.1, 0.15) is 42.0 Å². The second-order valence-electron chi connectivity index (χ2n) is 14.1. The second kappa shape index (κ2) is 20.1. The molecule has 0 radical (unpaired) electrons. The topological polar surface area (TPSA) is 64.6 Å². The van der Waals surface area contributed by atoms with E-state index in [4.69, 9.17) is 44.8 Å². The molecular weight excluding hydrogens is 712 g/mol. The first-order valence-electron chi connectivity index (χ1n) is 19.5. The summed E-state index contributed by atoms with van der Waals surface area (Å²) in [4.78, 5) is 0. The monoisotopic (exact) mass is 762 g/mol. The molecule has 2 heterocycles. The Morgan fingerprint density at radius 1 is 0.618 bits per heavy atom. The molecule has 0 saturated carbocycles. The van der Waals surface area contributed by atoms with E-state index in [1.165, 1.54) is 0 Å². The molecule has 2 aliphatic heterocycles. The van der Waals surface area contributed by atoms with Gasteiger partial charge in [-0.1, -0.05) is 115 Å². The minimum absolute atomic E-state index is 0.343. The third kappa shape index (κ3) is 10.8. The van der Waals surface area contributed by atoms with Gasteiger partial charge in [-0.3, -0.25) is 0 Å². The second-order valence-corrected chi connectivity index (χ2v) is 14.5. The van der Waals surface area contributed by atoms with Gasteiger partial charge in [0.05, 0.1) is 39.6 Å². The van der Waals surface area contributed by atoms with Crippen LogP contribution < -0.4 is 9.47 Å². The summed E-state index contributed by atoms with van der Waals surface area (Å²) < 4.78 is 46.7. The lowest BCUT2D eigenvalue weighted by molar-refractivity contribution is -0.274. The third-order valence-electron chi connectivity index (χ3n) is 10.1. The molecule has 55 heavy (non-hydrogen) atoms. The predicted molar refractivity (Wildman–Crippen MR) is 215 cm³/mol. The van der Waals surface area contributed by atoms with Gasteiger partial charge in [0.25, 0.3) is 0 Å². The van der Waals surface area contributed by atoms with Gasteiger partial charge in [-0.15, -0.1) is 0 Å². The van der Waals surface area contributed by atoms with Crippen LogP contribution in [-0.2, 0) is 49.9 Å². The van der Waals surface area contributed by atoms with Crippen LogP contribution in [-0.4, -0.2) is 50.8 Å². The molecule has 2 bridgehead atoms. The summed E-state index contributed by atoms with van der Waals surface area (Å²) in [7, 11) is 0. The summed E-state index contributed by atoms with van der Waals surface area (Å²) in [5.74, 6) is 1.52. The van der Waals surface area contributed by atoms with Gasteiger partial charge in [0.15, 0.2) is 0 Å². The van der Waals surface area contributed by atoms with E-state index in [1.807, 2.05) is 79.7 Å². The Labute approximate surface area is 330 Å². The number of hydrogen-bond donors (Lipinski definition) is 0. The Morgan fingerprint density at radius 3 is 1.82 bits per heavy atom. The van der Waals surface area contributed by atoms with E-state index >= 15 is 0 Å². The summed E-state index contributed by atoms with van der Waals surface area (Å²) in [6, 6.07) is 42.9. The number of rotatable bonds is 13. The van der Waals surface area contributed by atoms with Crippen molar-refractivity contribution in [3.8, 4) is 11.5 Å². The Balaban J connectivity index is 1.31. The highest BCUT2D eigenvalue weighted by atomic mass is 35.5. The van der Waals surface area contributed by atoms with Crippen molar-refractivity contribution in [2.24, 2.45) is 0 Å². The SMILES string of the molecule is CCOc1ccc(Cc2cc3c(cc2Cl)OCCCCCOC[C@H]2O[C@@H]3[C@H](OCc3ccccc3)[C@@H](OCc3ccccc3)[C@@H]2OCc2ccccc2)cc1. The molecule has 5 aromatic rings. The average molecular weight is 763 g/mol. The molecule has 0 amide bonds. The first kappa shape index (κ1) is 39.0. The van der Waals surface area contributed by atoms with Gasteiger partial charge in [0.2, 0.25) is 0 Å². The molecular formula is C47H51ClO7. The highest BCUT2D eigenvalue weighted by Gasteiger charge is 2.50. The molecule has 7 nitrogen and oxygen atoms in total. The van der Waals surface area contributed by atoms with Gasteiger partial charge in [0, 0.05) is 17.2 Å². The lowest BCUT2D eigenvalue weighted by Gasteiger charge is -2.46. The highest BCUT2D eigenvalue weighted by Crippen LogP contribution is 2.44. The number of ether oxygens (including phenoxy) is 7. The zero-order valence-electron chi connectivity index (χ0n) is 31.5. The van der Waals surface area contributed by atoms with Crippen LogP contribution >= 0.6 is 11.6 Å².